The molecular formula is C18H12N2. The highest BCUT2D eigenvalue weighted by Crippen LogP contribution is 2.35. The predicted molar refractivity (Wildman–Crippen MR) is 82.5 cm³/mol. The van der Waals surface area contributed by atoms with Crippen molar-refractivity contribution in [3.63, 3.8) is 0 Å². The van der Waals surface area contributed by atoms with Crippen LogP contribution in [0.25, 0.3) is 32.7 Å². The average molecular weight is 256 g/mol. The van der Waals surface area contributed by atoms with E-state index in [9.17, 15) is 0 Å². The smallest absolute Gasteiger partial charge is 0.115 e. The monoisotopic (exact) mass is 256 g/mol. The van der Waals surface area contributed by atoms with E-state index in [0.29, 0.717) is 0 Å². The van der Waals surface area contributed by atoms with Gasteiger partial charge in [-0.2, -0.15) is 0 Å². The second-order valence-corrected chi connectivity index (χ2v) is 4.82. The number of rotatable bonds is 1. The summed E-state index contributed by atoms with van der Waals surface area (Å²) in [6.07, 6.45) is 5.32. The lowest BCUT2D eigenvalue weighted by Crippen LogP contribution is -1.87. The lowest BCUT2D eigenvalue weighted by Gasteiger charge is -2.11. The van der Waals surface area contributed by atoms with Gasteiger partial charge in [0.05, 0.1) is 0 Å². The van der Waals surface area contributed by atoms with E-state index in [4.69, 9.17) is 0 Å². The third-order valence-electron chi connectivity index (χ3n) is 3.62. The fourth-order valence-corrected chi connectivity index (χ4v) is 2.75. The third kappa shape index (κ3) is 1.66. The summed E-state index contributed by atoms with van der Waals surface area (Å²) in [5, 5.41) is 4.96. The maximum Gasteiger partial charge on any atom is 0.115 e. The van der Waals surface area contributed by atoms with Crippen molar-refractivity contribution in [1.29, 1.82) is 0 Å². The molecule has 4 rings (SSSR count). The van der Waals surface area contributed by atoms with Crippen LogP contribution in [0, 0.1) is 0 Å². The zero-order valence-corrected chi connectivity index (χ0v) is 10.8. The molecule has 0 saturated heterocycles. The highest BCUT2D eigenvalue weighted by Gasteiger charge is 2.09. The Morgan fingerprint density at radius 3 is 1.80 bits per heavy atom. The van der Waals surface area contributed by atoms with Gasteiger partial charge in [0.25, 0.3) is 0 Å². The van der Waals surface area contributed by atoms with E-state index in [1.54, 1.807) is 6.33 Å². The van der Waals surface area contributed by atoms with Crippen LogP contribution in [0.5, 0.6) is 0 Å². The summed E-state index contributed by atoms with van der Waals surface area (Å²) in [5.74, 6) is 0. The van der Waals surface area contributed by atoms with Gasteiger partial charge in [-0.15, -0.1) is 0 Å². The lowest BCUT2D eigenvalue weighted by molar-refractivity contribution is 1.17. The van der Waals surface area contributed by atoms with Crippen LogP contribution >= 0.6 is 0 Å². The molecule has 3 aromatic carbocycles. The van der Waals surface area contributed by atoms with Crippen LogP contribution in [0.3, 0.4) is 0 Å². The summed E-state index contributed by atoms with van der Waals surface area (Å²) in [4.78, 5) is 8.33. The molecule has 0 saturated carbocycles. The summed E-state index contributed by atoms with van der Waals surface area (Å²) in [6.45, 7) is 0. The van der Waals surface area contributed by atoms with Gasteiger partial charge in [0.2, 0.25) is 0 Å². The highest BCUT2D eigenvalue weighted by molar-refractivity contribution is 6.12. The standard InChI is InChI=1S/C18H12N2/c1-3-7-16-13(5-1)9-14-6-2-4-8-17(14)18(16)15-10-19-12-20-11-15/h1-12H. The molecule has 0 radical (unpaired) electrons. The largest absolute Gasteiger partial charge is 0.244 e. The number of nitrogens with zero attached hydrogens (tertiary/aromatic N) is 2. The first-order valence-electron chi connectivity index (χ1n) is 6.59. The molecule has 0 aliphatic carbocycles. The Morgan fingerprint density at radius 1 is 0.650 bits per heavy atom. The van der Waals surface area contributed by atoms with Crippen molar-refractivity contribution >= 4 is 21.5 Å². The number of aromatic nitrogens is 2. The normalized spacial score (nSPS) is 11.0. The summed E-state index contributed by atoms with van der Waals surface area (Å²) in [5.41, 5.74) is 2.26. The Bertz CT molecular complexity index is 845. The van der Waals surface area contributed by atoms with Crippen molar-refractivity contribution in [3.05, 3.63) is 73.3 Å². The molecule has 0 bridgehead atoms. The van der Waals surface area contributed by atoms with Crippen molar-refractivity contribution in [3.8, 4) is 11.1 Å². The summed E-state index contributed by atoms with van der Waals surface area (Å²) < 4.78 is 0. The molecule has 0 atom stereocenters. The molecule has 0 aliphatic rings. The van der Waals surface area contributed by atoms with E-state index in [1.165, 1.54) is 27.1 Å². The zero-order valence-electron chi connectivity index (χ0n) is 10.8. The van der Waals surface area contributed by atoms with Crippen LogP contribution in [-0.2, 0) is 0 Å². The number of benzene rings is 3. The summed E-state index contributed by atoms with van der Waals surface area (Å²) in [6, 6.07) is 19.1. The van der Waals surface area contributed by atoms with Crippen molar-refractivity contribution in [1.82, 2.24) is 9.97 Å². The van der Waals surface area contributed by atoms with Gasteiger partial charge in [0.15, 0.2) is 0 Å². The molecule has 20 heavy (non-hydrogen) atoms. The number of hydrogen-bond acceptors (Lipinski definition) is 2. The fraction of sp³-hybridized carbons (Fsp3) is 0. The summed E-state index contributed by atoms with van der Waals surface area (Å²) in [7, 11) is 0. The number of fused-ring (bicyclic) bond motifs is 2. The Balaban J connectivity index is 2.24. The molecule has 1 aromatic heterocycles. The van der Waals surface area contributed by atoms with Gasteiger partial charge in [-0.05, 0) is 27.6 Å². The first kappa shape index (κ1) is 11.1. The molecule has 4 aromatic rings. The molecule has 0 amide bonds. The van der Waals surface area contributed by atoms with Gasteiger partial charge >= 0.3 is 0 Å². The van der Waals surface area contributed by atoms with Crippen LogP contribution in [0.2, 0.25) is 0 Å². The average Bonchev–Trinajstić information content (AvgIpc) is 2.53. The first-order valence-corrected chi connectivity index (χ1v) is 6.59. The van der Waals surface area contributed by atoms with E-state index in [1.807, 2.05) is 12.4 Å². The van der Waals surface area contributed by atoms with E-state index in [-0.39, 0.29) is 0 Å². The molecule has 0 unspecified atom stereocenters. The minimum absolute atomic E-state index is 1.06. The molecule has 0 N–H and O–H groups in total. The molecule has 0 aliphatic heterocycles. The van der Waals surface area contributed by atoms with Crippen molar-refractivity contribution < 1.29 is 0 Å². The van der Waals surface area contributed by atoms with Gasteiger partial charge in [-0.1, -0.05) is 48.5 Å². The van der Waals surface area contributed by atoms with Crippen molar-refractivity contribution in [2.75, 3.05) is 0 Å². The van der Waals surface area contributed by atoms with Gasteiger partial charge in [-0.3, -0.25) is 0 Å². The SMILES string of the molecule is c1ccc2c(-c3cncnc3)c3ccccc3cc2c1. The van der Waals surface area contributed by atoms with Crippen LogP contribution in [0.4, 0.5) is 0 Å². The quantitative estimate of drug-likeness (QED) is 0.470. The van der Waals surface area contributed by atoms with Gasteiger partial charge in [0.1, 0.15) is 6.33 Å². The van der Waals surface area contributed by atoms with E-state index in [2.05, 4.69) is 64.6 Å². The van der Waals surface area contributed by atoms with Crippen molar-refractivity contribution in [2.24, 2.45) is 0 Å². The van der Waals surface area contributed by atoms with Gasteiger partial charge in [-0.25, -0.2) is 9.97 Å². The van der Waals surface area contributed by atoms with E-state index >= 15 is 0 Å². The molecule has 0 fully saturated rings. The number of hydrogen-bond donors (Lipinski definition) is 0. The Kier molecular flexibility index (Phi) is 2.46. The minimum atomic E-state index is 1.06. The van der Waals surface area contributed by atoms with Gasteiger partial charge in [0, 0.05) is 23.5 Å². The van der Waals surface area contributed by atoms with E-state index < -0.39 is 0 Å². The lowest BCUT2D eigenvalue weighted by atomic mass is 9.93. The molecule has 1 heterocycles. The fourth-order valence-electron chi connectivity index (χ4n) is 2.75. The highest BCUT2D eigenvalue weighted by atomic mass is 14.8. The zero-order chi connectivity index (χ0) is 13.4. The summed E-state index contributed by atoms with van der Waals surface area (Å²) >= 11 is 0. The van der Waals surface area contributed by atoms with E-state index in [0.717, 1.165) is 5.56 Å². The van der Waals surface area contributed by atoms with Gasteiger partial charge < -0.3 is 0 Å². The maximum atomic E-state index is 4.16. The van der Waals surface area contributed by atoms with Crippen LogP contribution in [0.1, 0.15) is 0 Å². The Labute approximate surface area is 116 Å². The van der Waals surface area contributed by atoms with Crippen LogP contribution in [-0.4, -0.2) is 9.97 Å². The molecular weight excluding hydrogens is 244 g/mol. The third-order valence-corrected chi connectivity index (χ3v) is 3.62. The minimum Gasteiger partial charge on any atom is -0.244 e. The molecule has 2 heteroatoms. The molecule has 94 valence electrons. The topological polar surface area (TPSA) is 25.8 Å². The molecule has 2 nitrogen and oxygen atoms in total. The Hall–Kier alpha value is -2.74. The molecule has 0 spiro atoms. The second kappa shape index (κ2) is 4.42. The van der Waals surface area contributed by atoms with Crippen molar-refractivity contribution in [2.45, 2.75) is 0 Å². The second-order valence-electron chi connectivity index (χ2n) is 4.82. The Morgan fingerprint density at radius 2 is 1.20 bits per heavy atom. The first-order chi connectivity index (χ1) is 9.93. The van der Waals surface area contributed by atoms with Crippen LogP contribution in [0.15, 0.2) is 73.3 Å². The predicted octanol–water partition coefficient (Wildman–Crippen LogP) is 4.45. The van der Waals surface area contributed by atoms with Crippen LogP contribution < -0.4 is 0 Å². The maximum absolute atomic E-state index is 4.16.